The third-order valence-corrected chi connectivity index (χ3v) is 4.16. The molecule has 0 saturated carbocycles. The molecule has 0 aromatic carbocycles. The van der Waals surface area contributed by atoms with Gasteiger partial charge < -0.3 is 14.2 Å². The highest BCUT2D eigenvalue weighted by molar-refractivity contribution is 5.82. The minimum absolute atomic E-state index is 0.376. The first-order valence-corrected chi connectivity index (χ1v) is 9.88. The van der Waals surface area contributed by atoms with Crippen molar-refractivity contribution >= 4 is 17.9 Å². The van der Waals surface area contributed by atoms with Crippen LogP contribution in [0.25, 0.3) is 0 Å². The molecule has 1 aromatic heterocycles. The number of carbonyl (C=O) groups is 3. The Morgan fingerprint density at radius 3 is 1.03 bits per heavy atom. The Kier molecular flexibility index (Phi) is 9.99. The SMILES string of the molecule is C=CC(=O)OC(C)Cn1c(=O)n(CC(C)OC(=O)C=C)c(=O)n(CC(C)OC(=O)C=C)c1=O. The highest BCUT2D eigenvalue weighted by Crippen LogP contribution is 1.98. The quantitative estimate of drug-likeness (QED) is 0.227. The number of hydrogen-bond acceptors (Lipinski definition) is 9. The van der Waals surface area contributed by atoms with Gasteiger partial charge in [0.25, 0.3) is 0 Å². The fraction of sp³-hybridized carbons (Fsp3) is 0.429. The molecule has 12 heteroatoms. The molecule has 0 aliphatic heterocycles. The minimum Gasteiger partial charge on any atom is -0.458 e. The third kappa shape index (κ3) is 7.59. The predicted octanol–water partition coefficient (Wildman–Crippen LogP) is -0.475. The third-order valence-electron chi connectivity index (χ3n) is 4.16. The number of nitrogens with zero attached hydrogens (tertiary/aromatic N) is 3. The molecule has 0 radical (unpaired) electrons. The molecule has 1 aromatic rings. The van der Waals surface area contributed by atoms with E-state index in [2.05, 4.69) is 19.7 Å². The summed E-state index contributed by atoms with van der Waals surface area (Å²) in [7, 11) is 0. The van der Waals surface area contributed by atoms with Crippen LogP contribution in [0.3, 0.4) is 0 Å². The highest BCUT2D eigenvalue weighted by Gasteiger charge is 2.22. The van der Waals surface area contributed by atoms with Crippen molar-refractivity contribution < 1.29 is 28.6 Å². The van der Waals surface area contributed by atoms with Crippen LogP contribution in [0.2, 0.25) is 0 Å². The number of aromatic nitrogens is 3. The average Bonchev–Trinajstić information content (AvgIpc) is 2.76. The lowest BCUT2D eigenvalue weighted by molar-refractivity contribution is -0.143. The summed E-state index contributed by atoms with van der Waals surface area (Å²) in [5.41, 5.74) is -3.00. The Morgan fingerprint density at radius 1 is 0.636 bits per heavy atom. The summed E-state index contributed by atoms with van der Waals surface area (Å²) in [5.74, 6) is -2.29. The van der Waals surface area contributed by atoms with Gasteiger partial charge in [-0.1, -0.05) is 19.7 Å². The lowest BCUT2D eigenvalue weighted by atomic mass is 10.3. The van der Waals surface area contributed by atoms with E-state index in [1.165, 1.54) is 20.8 Å². The van der Waals surface area contributed by atoms with E-state index in [0.717, 1.165) is 18.2 Å². The summed E-state index contributed by atoms with van der Waals surface area (Å²) in [4.78, 5) is 73.2. The maximum Gasteiger partial charge on any atom is 0.336 e. The van der Waals surface area contributed by atoms with Crippen LogP contribution in [0, 0.1) is 0 Å². The number of carbonyl (C=O) groups excluding carboxylic acids is 3. The zero-order valence-corrected chi connectivity index (χ0v) is 18.7. The number of ether oxygens (including phenoxy) is 3. The van der Waals surface area contributed by atoms with E-state index in [-0.39, 0.29) is 19.6 Å². The highest BCUT2D eigenvalue weighted by atomic mass is 16.6. The Hall–Kier alpha value is -3.96. The lowest BCUT2D eigenvalue weighted by Crippen LogP contribution is -2.57. The second-order valence-corrected chi connectivity index (χ2v) is 7.03. The molecular weight excluding hydrogens is 438 g/mol. The molecule has 0 N–H and O–H groups in total. The van der Waals surface area contributed by atoms with Gasteiger partial charge >= 0.3 is 35.0 Å². The maximum absolute atomic E-state index is 12.9. The van der Waals surface area contributed by atoms with Crippen LogP contribution in [-0.2, 0) is 48.2 Å². The van der Waals surface area contributed by atoms with Gasteiger partial charge in [0.1, 0.15) is 18.3 Å². The molecule has 180 valence electrons. The van der Waals surface area contributed by atoms with Crippen LogP contribution in [0.15, 0.2) is 52.3 Å². The van der Waals surface area contributed by atoms with Crippen LogP contribution in [-0.4, -0.2) is 49.9 Å². The predicted molar refractivity (Wildman–Crippen MR) is 116 cm³/mol. The first-order chi connectivity index (χ1) is 15.4. The molecule has 3 atom stereocenters. The van der Waals surface area contributed by atoms with Crippen molar-refractivity contribution in [1.82, 2.24) is 13.7 Å². The number of esters is 3. The number of hydrogen-bond donors (Lipinski definition) is 0. The summed E-state index contributed by atoms with van der Waals surface area (Å²) >= 11 is 0. The Morgan fingerprint density at radius 2 is 0.848 bits per heavy atom. The van der Waals surface area contributed by atoms with Gasteiger partial charge in [-0.25, -0.2) is 42.5 Å². The first kappa shape index (κ1) is 27.1. The standard InChI is InChI=1S/C21H27N3O9/c1-7-16(25)31-13(4)10-22-19(28)23(11-14(5)32-17(26)8-2)21(30)24(20(22)29)12-15(6)33-18(27)9-3/h7-9,13-15H,1-3,10-12H2,4-6H3. The topological polar surface area (TPSA) is 145 Å². The van der Waals surface area contributed by atoms with Crippen molar-refractivity contribution in [1.29, 1.82) is 0 Å². The van der Waals surface area contributed by atoms with Gasteiger partial charge in [-0.3, -0.25) is 0 Å². The molecule has 0 saturated heterocycles. The van der Waals surface area contributed by atoms with Crippen molar-refractivity contribution in [2.24, 2.45) is 0 Å². The summed E-state index contributed by atoms with van der Waals surface area (Å²) in [6, 6.07) is 0. The molecule has 1 heterocycles. The van der Waals surface area contributed by atoms with E-state index in [0.29, 0.717) is 13.7 Å². The lowest BCUT2D eigenvalue weighted by Gasteiger charge is -2.20. The molecule has 0 bridgehead atoms. The van der Waals surface area contributed by atoms with Crippen LogP contribution >= 0.6 is 0 Å². The largest absolute Gasteiger partial charge is 0.458 e. The molecule has 3 unspecified atom stereocenters. The molecular formula is C21H27N3O9. The van der Waals surface area contributed by atoms with Crippen LogP contribution in [0.5, 0.6) is 0 Å². The number of rotatable bonds is 12. The molecule has 12 nitrogen and oxygen atoms in total. The first-order valence-electron chi connectivity index (χ1n) is 9.88. The van der Waals surface area contributed by atoms with Gasteiger partial charge in [-0.15, -0.1) is 0 Å². The van der Waals surface area contributed by atoms with E-state index >= 15 is 0 Å². The average molecular weight is 465 g/mol. The molecule has 0 spiro atoms. The zero-order chi connectivity index (χ0) is 25.3. The van der Waals surface area contributed by atoms with Crippen LogP contribution in [0.4, 0.5) is 0 Å². The summed E-state index contributed by atoms with van der Waals surface area (Å²) in [5, 5.41) is 0. The minimum atomic E-state index is -1.00. The molecule has 0 aliphatic carbocycles. The van der Waals surface area contributed by atoms with Gasteiger partial charge in [0.05, 0.1) is 19.6 Å². The summed E-state index contributed by atoms with van der Waals surface area (Å²) < 4.78 is 17.1. The van der Waals surface area contributed by atoms with E-state index in [1.54, 1.807) is 0 Å². The van der Waals surface area contributed by atoms with Gasteiger partial charge in [0.2, 0.25) is 0 Å². The molecule has 1 rings (SSSR count). The van der Waals surface area contributed by atoms with Gasteiger partial charge in [0, 0.05) is 18.2 Å². The normalized spacial score (nSPS) is 13.2. The zero-order valence-electron chi connectivity index (χ0n) is 18.7. The Balaban J connectivity index is 3.51. The van der Waals surface area contributed by atoms with Crippen LogP contribution < -0.4 is 17.1 Å². The second-order valence-electron chi connectivity index (χ2n) is 7.03. The maximum atomic E-state index is 12.9. The van der Waals surface area contributed by atoms with Gasteiger partial charge in [-0.2, -0.15) is 0 Å². The smallest absolute Gasteiger partial charge is 0.336 e. The van der Waals surface area contributed by atoms with Crippen LogP contribution in [0.1, 0.15) is 20.8 Å². The molecule has 0 aliphatic rings. The van der Waals surface area contributed by atoms with E-state index in [9.17, 15) is 28.8 Å². The summed E-state index contributed by atoms with van der Waals surface area (Å²) in [6.45, 7) is 13.0. The summed E-state index contributed by atoms with van der Waals surface area (Å²) in [6.07, 6.45) is -0.0101. The van der Waals surface area contributed by atoms with Crippen molar-refractivity contribution in [2.75, 3.05) is 0 Å². The molecule has 0 amide bonds. The van der Waals surface area contributed by atoms with Crippen molar-refractivity contribution in [3.8, 4) is 0 Å². The van der Waals surface area contributed by atoms with Crippen molar-refractivity contribution in [3.05, 3.63) is 69.4 Å². The fourth-order valence-corrected chi connectivity index (χ4v) is 2.77. The van der Waals surface area contributed by atoms with Gasteiger partial charge in [-0.05, 0) is 20.8 Å². The van der Waals surface area contributed by atoms with Gasteiger partial charge in [0.15, 0.2) is 0 Å². The van der Waals surface area contributed by atoms with Crippen molar-refractivity contribution in [3.63, 3.8) is 0 Å². The van der Waals surface area contributed by atoms with E-state index in [1.807, 2.05) is 0 Å². The van der Waals surface area contributed by atoms with Crippen molar-refractivity contribution in [2.45, 2.75) is 58.7 Å². The fourth-order valence-electron chi connectivity index (χ4n) is 2.77. The molecule has 0 fully saturated rings. The monoisotopic (exact) mass is 465 g/mol. The van der Waals surface area contributed by atoms with E-state index < -0.39 is 53.3 Å². The Bertz CT molecular complexity index is 941. The second kappa shape index (κ2) is 12.2. The molecule has 33 heavy (non-hydrogen) atoms. The Labute approximate surface area is 189 Å². The van der Waals surface area contributed by atoms with E-state index in [4.69, 9.17) is 14.2 Å².